The van der Waals surface area contributed by atoms with E-state index in [0.29, 0.717) is 23.4 Å². The number of halogens is 6. The molecule has 0 fully saturated rings. The first-order valence-electron chi connectivity index (χ1n) is 8.78. The molecule has 0 saturated heterocycles. The minimum Gasteiger partial charge on any atom is -0.369 e. The summed E-state index contributed by atoms with van der Waals surface area (Å²) in [6.45, 7) is -0.180. The molecule has 1 N–H and O–H groups in total. The van der Waals surface area contributed by atoms with E-state index in [0.717, 1.165) is 12.1 Å². The van der Waals surface area contributed by atoms with E-state index in [1.165, 1.54) is 23.1 Å². The first kappa shape index (κ1) is 22.5. The number of nitrogens with zero attached hydrogens (tertiary/aromatic N) is 2. The number of aryl methyl sites for hydroxylation is 1. The molecule has 1 aliphatic rings. The van der Waals surface area contributed by atoms with Gasteiger partial charge in [-0.15, -0.1) is 0 Å². The lowest BCUT2D eigenvalue weighted by Gasteiger charge is -2.33. The Bertz CT molecular complexity index is 1000. The number of nitro groups is 1. The number of hydrogen-bond acceptors (Lipinski definition) is 4. The summed E-state index contributed by atoms with van der Waals surface area (Å²) >= 11 is 0. The average Bonchev–Trinajstić information content (AvgIpc) is 2.68. The molecule has 1 heterocycles. The fourth-order valence-electron chi connectivity index (χ4n) is 3.36. The molecule has 0 unspecified atom stereocenters. The van der Waals surface area contributed by atoms with E-state index in [-0.39, 0.29) is 36.5 Å². The third-order valence-electron chi connectivity index (χ3n) is 5.01. The van der Waals surface area contributed by atoms with Crippen LogP contribution in [0.1, 0.15) is 23.1 Å². The van der Waals surface area contributed by atoms with Crippen molar-refractivity contribution >= 4 is 17.3 Å². The Labute approximate surface area is 170 Å². The summed E-state index contributed by atoms with van der Waals surface area (Å²) in [4.78, 5) is 23.9. The molecule has 166 valence electrons. The van der Waals surface area contributed by atoms with Crippen LogP contribution < -0.4 is 4.90 Å². The standard InChI is InChI=1S/C19H14F6N2O4/c20-18(21,22)17(29,19(23,24)25)13-4-1-11(2-5-13)10-26-15-7-6-14(27(30)31)9-12(15)3-8-16(26)28/h1-2,4-7,9,29H,3,8,10H2. The number of amides is 1. The van der Waals surface area contributed by atoms with Crippen LogP contribution in [0, 0.1) is 10.1 Å². The largest absolute Gasteiger partial charge is 0.430 e. The minimum absolute atomic E-state index is 0.0359. The van der Waals surface area contributed by atoms with Crippen LogP contribution in [0.15, 0.2) is 42.5 Å². The Morgan fingerprint density at radius 1 is 0.968 bits per heavy atom. The smallest absolute Gasteiger partial charge is 0.369 e. The van der Waals surface area contributed by atoms with Crippen molar-refractivity contribution in [3.05, 3.63) is 69.3 Å². The zero-order valence-corrected chi connectivity index (χ0v) is 15.5. The summed E-state index contributed by atoms with van der Waals surface area (Å²) in [6, 6.07) is 6.77. The number of aliphatic hydroxyl groups is 1. The summed E-state index contributed by atoms with van der Waals surface area (Å²) in [6.07, 6.45) is -11.7. The molecule has 0 atom stereocenters. The van der Waals surface area contributed by atoms with Crippen LogP contribution >= 0.6 is 0 Å². The molecule has 0 bridgehead atoms. The van der Waals surface area contributed by atoms with Crippen molar-refractivity contribution in [2.45, 2.75) is 37.3 Å². The van der Waals surface area contributed by atoms with Crippen LogP contribution in [0.25, 0.3) is 0 Å². The number of rotatable bonds is 4. The SMILES string of the molecule is O=C1CCc2cc([N+](=O)[O-])ccc2N1Cc1ccc(C(O)(C(F)(F)F)C(F)(F)F)cc1. The van der Waals surface area contributed by atoms with Crippen LogP contribution in [0.5, 0.6) is 0 Å². The number of non-ortho nitro benzene ring substituents is 1. The van der Waals surface area contributed by atoms with Crippen LogP contribution in [-0.2, 0) is 23.4 Å². The third kappa shape index (κ3) is 3.94. The van der Waals surface area contributed by atoms with Crippen LogP contribution in [0.2, 0.25) is 0 Å². The van der Waals surface area contributed by atoms with Gasteiger partial charge >= 0.3 is 12.4 Å². The van der Waals surface area contributed by atoms with Crippen molar-refractivity contribution in [3.8, 4) is 0 Å². The fourth-order valence-corrected chi connectivity index (χ4v) is 3.36. The Kier molecular flexibility index (Phi) is 5.47. The lowest BCUT2D eigenvalue weighted by Crippen LogP contribution is -2.53. The Hall–Kier alpha value is -3.15. The number of fused-ring (bicyclic) bond motifs is 1. The van der Waals surface area contributed by atoms with Crippen molar-refractivity contribution in [1.29, 1.82) is 0 Å². The van der Waals surface area contributed by atoms with E-state index in [1.807, 2.05) is 0 Å². The van der Waals surface area contributed by atoms with Gasteiger partial charge in [0.05, 0.1) is 11.5 Å². The van der Waals surface area contributed by atoms with Gasteiger partial charge < -0.3 is 10.0 Å². The molecule has 3 rings (SSSR count). The lowest BCUT2D eigenvalue weighted by atomic mass is 9.91. The molecule has 0 aromatic heterocycles. The number of hydrogen-bond donors (Lipinski definition) is 1. The van der Waals surface area contributed by atoms with Gasteiger partial charge in [0.25, 0.3) is 11.3 Å². The second kappa shape index (κ2) is 7.52. The highest BCUT2D eigenvalue weighted by molar-refractivity contribution is 5.96. The normalized spacial score (nSPS) is 15.1. The Morgan fingerprint density at radius 3 is 2.06 bits per heavy atom. The zero-order valence-electron chi connectivity index (χ0n) is 15.5. The highest BCUT2D eigenvalue weighted by Gasteiger charge is 2.71. The van der Waals surface area contributed by atoms with Crippen molar-refractivity contribution in [3.63, 3.8) is 0 Å². The molecular weight excluding hydrogens is 434 g/mol. The van der Waals surface area contributed by atoms with Crippen LogP contribution in [0.4, 0.5) is 37.7 Å². The predicted molar refractivity (Wildman–Crippen MR) is 95.1 cm³/mol. The van der Waals surface area contributed by atoms with E-state index in [2.05, 4.69) is 0 Å². The van der Waals surface area contributed by atoms with Gasteiger partial charge in [0.15, 0.2) is 0 Å². The van der Waals surface area contributed by atoms with Crippen molar-refractivity contribution < 1.29 is 41.2 Å². The maximum absolute atomic E-state index is 13.0. The van der Waals surface area contributed by atoms with Crippen LogP contribution in [-0.4, -0.2) is 28.3 Å². The molecule has 1 amide bonds. The molecule has 1 aliphatic heterocycles. The monoisotopic (exact) mass is 448 g/mol. The van der Waals surface area contributed by atoms with Crippen molar-refractivity contribution in [2.75, 3.05) is 4.90 Å². The Balaban J connectivity index is 1.92. The highest BCUT2D eigenvalue weighted by Crippen LogP contribution is 2.50. The van der Waals surface area contributed by atoms with Gasteiger partial charge in [-0.3, -0.25) is 14.9 Å². The topological polar surface area (TPSA) is 83.7 Å². The molecule has 0 radical (unpaired) electrons. The molecule has 6 nitrogen and oxygen atoms in total. The summed E-state index contributed by atoms with van der Waals surface area (Å²) in [7, 11) is 0. The summed E-state index contributed by atoms with van der Waals surface area (Å²) < 4.78 is 78.0. The minimum atomic E-state index is -6.00. The van der Waals surface area contributed by atoms with Crippen LogP contribution in [0.3, 0.4) is 0 Å². The van der Waals surface area contributed by atoms with Gasteiger partial charge in [0.1, 0.15) is 0 Å². The van der Waals surface area contributed by atoms with E-state index in [4.69, 9.17) is 0 Å². The second-order valence-corrected chi connectivity index (χ2v) is 6.95. The average molecular weight is 448 g/mol. The van der Waals surface area contributed by atoms with Crippen molar-refractivity contribution in [2.24, 2.45) is 0 Å². The summed E-state index contributed by atoms with van der Waals surface area (Å²) in [5.41, 5.74) is -5.52. The number of carbonyl (C=O) groups excluding carboxylic acids is 1. The summed E-state index contributed by atoms with van der Waals surface area (Å²) in [5, 5.41) is 20.4. The van der Waals surface area contributed by atoms with Gasteiger partial charge in [-0.25, -0.2) is 0 Å². The van der Waals surface area contributed by atoms with Gasteiger partial charge in [-0.1, -0.05) is 24.3 Å². The number of nitro benzene ring substituents is 1. The predicted octanol–water partition coefficient (Wildman–Crippen LogP) is 4.39. The molecule has 0 aliphatic carbocycles. The molecule has 31 heavy (non-hydrogen) atoms. The first-order valence-corrected chi connectivity index (χ1v) is 8.78. The number of alkyl halides is 6. The molecular formula is C19H14F6N2O4. The van der Waals surface area contributed by atoms with Gasteiger partial charge in [0, 0.05) is 29.8 Å². The maximum atomic E-state index is 13.0. The van der Waals surface area contributed by atoms with E-state index in [1.54, 1.807) is 0 Å². The molecule has 0 saturated carbocycles. The molecule has 2 aromatic rings. The highest BCUT2D eigenvalue weighted by atomic mass is 19.4. The van der Waals surface area contributed by atoms with Gasteiger partial charge in [-0.05, 0) is 23.6 Å². The fraction of sp³-hybridized carbons (Fsp3) is 0.316. The van der Waals surface area contributed by atoms with E-state index < -0.39 is 28.4 Å². The molecule has 2 aromatic carbocycles. The number of carbonyl (C=O) groups is 1. The Morgan fingerprint density at radius 2 is 1.55 bits per heavy atom. The molecule has 0 spiro atoms. The van der Waals surface area contributed by atoms with Crippen molar-refractivity contribution in [1.82, 2.24) is 0 Å². The second-order valence-electron chi connectivity index (χ2n) is 6.95. The van der Waals surface area contributed by atoms with E-state index >= 15 is 0 Å². The quantitative estimate of drug-likeness (QED) is 0.427. The third-order valence-corrected chi connectivity index (χ3v) is 5.01. The maximum Gasteiger partial charge on any atom is 0.430 e. The molecule has 12 heteroatoms. The summed E-state index contributed by atoms with van der Waals surface area (Å²) in [5.74, 6) is -0.354. The lowest BCUT2D eigenvalue weighted by molar-refractivity contribution is -0.384. The zero-order chi connectivity index (χ0) is 23.2. The van der Waals surface area contributed by atoms with Gasteiger partial charge in [-0.2, -0.15) is 26.3 Å². The van der Waals surface area contributed by atoms with Gasteiger partial charge in [0.2, 0.25) is 5.91 Å². The van der Waals surface area contributed by atoms with E-state index in [9.17, 15) is 46.4 Å². The number of anilines is 1. The first-order chi connectivity index (χ1) is 14.3. The number of benzene rings is 2.